The molecular formula is C17H17F2N3O. The molecular weight excluding hydrogens is 300 g/mol. The molecule has 0 unspecified atom stereocenters. The van der Waals surface area contributed by atoms with Gasteiger partial charge in [0.2, 0.25) is 0 Å². The fraction of sp³-hybridized carbons (Fsp3) is 0.294. The fourth-order valence-electron chi connectivity index (χ4n) is 2.71. The lowest BCUT2D eigenvalue weighted by atomic mass is 10.1. The molecule has 1 aliphatic heterocycles. The summed E-state index contributed by atoms with van der Waals surface area (Å²) in [5.74, 6) is -1.20. The first-order valence-corrected chi connectivity index (χ1v) is 7.61. The third kappa shape index (κ3) is 3.47. The van der Waals surface area contributed by atoms with Crippen LogP contribution in [0.3, 0.4) is 0 Å². The highest BCUT2D eigenvalue weighted by Gasteiger charge is 2.20. The molecule has 1 aromatic heterocycles. The van der Waals surface area contributed by atoms with Crippen LogP contribution >= 0.6 is 0 Å². The summed E-state index contributed by atoms with van der Waals surface area (Å²) in [6.45, 7) is 1.68. The summed E-state index contributed by atoms with van der Waals surface area (Å²) < 4.78 is 26.9. The van der Waals surface area contributed by atoms with Crippen molar-refractivity contribution in [2.45, 2.75) is 19.3 Å². The monoisotopic (exact) mass is 317 g/mol. The van der Waals surface area contributed by atoms with E-state index in [2.05, 4.69) is 15.2 Å². The molecule has 23 heavy (non-hydrogen) atoms. The van der Waals surface area contributed by atoms with Crippen molar-refractivity contribution in [1.29, 1.82) is 0 Å². The van der Waals surface area contributed by atoms with Crippen LogP contribution in [0.1, 0.15) is 29.6 Å². The van der Waals surface area contributed by atoms with Gasteiger partial charge >= 0.3 is 0 Å². The van der Waals surface area contributed by atoms with Crippen LogP contribution in [0.15, 0.2) is 36.5 Å². The molecule has 6 heteroatoms. The Morgan fingerprint density at radius 1 is 1.13 bits per heavy atom. The highest BCUT2D eigenvalue weighted by atomic mass is 19.1. The van der Waals surface area contributed by atoms with E-state index in [0.29, 0.717) is 11.4 Å². The predicted molar refractivity (Wildman–Crippen MR) is 84.6 cm³/mol. The molecule has 120 valence electrons. The van der Waals surface area contributed by atoms with Gasteiger partial charge in [-0.15, -0.1) is 0 Å². The van der Waals surface area contributed by atoms with Gasteiger partial charge in [-0.3, -0.25) is 4.79 Å². The van der Waals surface area contributed by atoms with E-state index in [4.69, 9.17) is 0 Å². The molecule has 3 rings (SSSR count). The molecule has 0 bridgehead atoms. The number of hydrogen-bond donors (Lipinski definition) is 1. The Balaban J connectivity index is 1.86. The normalized spacial score (nSPS) is 14.6. The quantitative estimate of drug-likeness (QED) is 0.941. The third-order valence-electron chi connectivity index (χ3n) is 3.86. The molecule has 0 atom stereocenters. The molecule has 2 aromatic rings. The Kier molecular flexibility index (Phi) is 4.50. The van der Waals surface area contributed by atoms with Gasteiger partial charge in [-0.25, -0.2) is 13.8 Å². The van der Waals surface area contributed by atoms with E-state index in [1.54, 1.807) is 18.3 Å². The van der Waals surface area contributed by atoms with Crippen LogP contribution in [0.4, 0.5) is 20.3 Å². The highest BCUT2D eigenvalue weighted by Crippen LogP contribution is 2.23. The number of piperidine rings is 1. The van der Waals surface area contributed by atoms with Gasteiger partial charge in [0.15, 0.2) is 0 Å². The molecule has 1 fully saturated rings. The SMILES string of the molecule is O=C(Nc1cc(F)ccc1F)c1cccnc1N1CCCCC1. The Morgan fingerprint density at radius 2 is 1.91 bits per heavy atom. The van der Waals surface area contributed by atoms with Crippen LogP contribution in [-0.4, -0.2) is 24.0 Å². The molecule has 0 radical (unpaired) electrons. The van der Waals surface area contributed by atoms with E-state index >= 15 is 0 Å². The van der Waals surface area contributed by atoms with Crippen molar-refractivity contribution in [3.63, 3.8) is 0 Å². The van der Waals surface area contributed by atoms with Crippen LogP contribution in [-0.2, 0) is 0 Å². The summed E-state index contributed by atoms with van der Waals surface area (Å²) in [6, 6.07) is 6.26. The topological polar surface area (TPSA) is 45.2 Å². The number of aromatic nitrogens is 1. The fourth-order valence-corrected chi connectivity index (χ4v) is 2.71. The molecule has 0 spiro atoms. The second-order valence-corrected chi connectivity index (χ2v) is 5.50. The number of rotatable bonds is 3. The largest absolute Gasteiger partial charge is 0.356 e. The van der Waals surface area contributed by atoms with Crippen LogP contribution < -0.4 is 10.2 Å². The van der Waals surface area contributed by atoms with Gasteiger partial charge in [-0.05, 0) is 43.5 Å². The van der Waals surface area contributed by atoms with E-state index in [0.717, 1.165) is 44.1 Å². The minimum Gasteiger partial charge on any atom is -0.356 e. The van der Waals surface area contributed by atoms with E-state index < -0.39 is 17.5 Å². The van der Waals surface area contributed by atoms with Crippen molar-refractivity contribution < 1.29 is 13.6 Å². The van der Waals surface area contributed by atoms with Crippen LogP contribution in [0.5, 0.6) is 0 Å². The Labute approximate surface area is 133 Å². The number of nitrogens with zero attached hydrogens (tertiary/aromatic N) is 2. The number of carbonyl (C=O) groups excluding carboxylic acids is 1. The van der Waals surface area contributed by atoms with E-state index in [-0.39, 0.29) is 5.69 Å². The second-order valence-electron chi connectivity index (χ2n) is 5.50. The number of benzene rings is 1. The number of nitrogens with one attached hydrogen (secondary N) is 1. The summed E-state index contributed by atoms with van der Waals surface area (Å²) >= 11 is 0. The van der Waals surface area contributed by atoms with Gasteiger partial charge < -0.3 is 10.2 Å². The number of halogens is 2. The molecule has 1 aromatic carbocycles. The van der Waals surface area contributed by atoms with Crippen molar-refractivity contribution in [2.24, 2.45) is 0 Å². The average molecular weight is 317 g/mol. The van der Waals surface area contributed by atoms with Gasteiger partial charge in [-0.1, -0.05) is 0 Å². The lowest BCUT2D eigenvalue weighted by Crippen LogP contribution is -2.32. The summed E-state index contributed by atoms with van der Waals surface area (Å²) in [6.07, 6.45) is 4.90. The van der Waals surface area contributed by atoms with Gasteiger partial charge in [0.25, 0.3) is 5.91 Å². The zero-order chi connectivity index (χ0) is 16.2. The van der Waals surface area contributed by atoms with Crippen molar-refractivity contribution >= 4 is 17.4 Å². The Hall–Kier alpha value is -2.50. The van der Waals surface area contributed by atoms with E-state index in [1.165, 1.54) is 6.42 Å². The van der Waals surface area contributed by atoms with Crippen LogP contribution in [0.25, 0.3) is 0 Å². The highest BCUT2D eigenvalue weighted by molar-refractivity contribution is 6.07. The molecule has 1 aliphatic rings. The number of amides is 1. The number of carbonyl (C=O) groups is 1. The zero-order valence-corrected chi connectivity index (χ0v) is 12.6. The third-order valence-corrected chi connectivity index (χ3v) is 3.86. The molecule has 0 aliphatic carbocycles. The zero-order valence-electron chi connectivity index (χ0n) is 12.6. The molecule has 1 amide bonds. The minimum atomic E-state index is -0.678. The first-order chi connectivity index (χ1) is 11.1. The standard InChI is InChI=1S/C17H17F2N3O/c18-12-6-7-14(19)15(11-12)21-17(23)13-5-4-8-20-16(13)22-9-2-1-3-10-22/h4-8,11H,1-3,9-10H2,(H,21,23). The van der Waals surface area contributed by atoms with Gasteiger partial charge in [0, 0.05) is 25.4 Å². The molecule has 4 nitrogen and oxygen atoms in total. The smallest absolute Gasteiger partial charge is 0.259 e. The summed E-state index contributed by atoms with van der Waals surface area (Å²) in [7, 11) is 0. The maximum Gasteiger partial charge on any atom is 0.259 e. The van der Waals surface area contributed by atoms with Crippen molar-refractivity contribution in [3.05, 3.63) is 53.7 Å². The number of pyridine rings is 1. The average Bonchev–Trinajstić information content (AvgIpc) is 2.59. The van der Waals surface area contributed by atoms with Crippen molar-refractivity contribution in [3.8, 4) is 0 Å². The number of anilines is 2. The predicted octanol–water partition coefficient (Wildman–Crippen LogP) is 3.60. The first-order valence-electron chi connectivity index (χ1n) is 7.61. The molecule has 0 saturated carbocycles. The molecule has 1 saturated heterocycles. The maximum atomic E-state index is 13.7. The maximum absolute atomic E-state index is 13.7. The van der Waals surface area contributed by atoms with E-state index in [9.17, 15) is 13.6 Å². The van der Waals surface area contributed by atoms with Crippen LogP contribution in [0, 0.1) is 11.6 Å². The van der Waals surface area contributed by atoms with E-state index in [1.807, 2.05) is 0 Å². The minimum absolute atomic E-state index is 0.177. The lowest BCUT2D eigenvalue weighted by molar-refractivity contribution is 0.102. The van der Waals surface area contributed by atoms with Gasteiger partial charge in [-0.2, -0.15) is 0 Å². The Bertz CT molecular complexity index is 715. The van der Waals surface area contributed by atoms with Crippen molar-refractivity contribution in [1.82, 2.24) is 4.98 Å². The van der Waals surface area contributed by atoms with Gasteiger partial charge in [0.1, 0.15) is 17.5 Å². The lowest BCUT2D eigenvalue weighted by Gasteiger charge is -2.29. The molecule has 1 N–H and O–H groups in total. The van der Waals surface area contributed by atoms with Crippen molar-refractivity contribution in [2.75, 3.05) is 23.3 Å². The first kappa shape index (κ1) is 15.4. The van der Waals surface area contributed by atoms with Gasteiger partial charge in [0.05, 0.1) is 11.3 Å². The summed E-state index contributed by atoms with van der Waals surface area (Å²) in [5.41, 5.74) is 0.182. The second kappa shape index (κ2) is 6.73. The molecule has 2 heterocycles. The number of hydrogen-bond acceptors (Lipinski definition) is 3. The Morgan fingerprint density at radius 3 is 2.70 bits per heavy atom. The summed E-state index contributed by atoms with van der Waals surface area (Å²) in [5, 5.41) is 2.43. The summed E-state index contributed by atoms with van der Waals surface area (Å²) in [4.78, 5) is 18.8. The van der Waals surface area contributed by atoms with Crippen LogP contribution in [0.2, 0.25) is 0 Å².